The quantitative estimate of drug-likeness (QED) is 0.849. The number of rotatable bonds is 4. The summed E-state index contributed by atoms with van der Waals surface area (Å²) in [5.41, 5.74) is 0.609. The van der Waals surface area contributed by atoms with Crippen LogP contribution in [0, 0.1) is 24.7 Å². The highest BCUT2D eigenvalue weighted by atomic mass is 32.2. The highest BCUT2D eigenvalue weighted by molar-refractivity contribution is 7.89. The number of sulfonamides is 1. The minimum atomic E-state index is -3.47. The van der Waals surface area contributed by atoms with Crippen LogP contribution in [-0.2, 0) is 16.6 Å². The smallest absolute Gasteiger partial charge is 0.246 e. The second-order valence-electron chi connectivity index (χ2n) is 8.02. The third-order valence-electron chi connectivity index (χ3n) is 6.67. The Morgan fingerprint density at radius 1 is 1.22 bits per heavy atom. The van der Waals surface area contributed by atoms with Crippen LogP contribution in [-0.4, -0.2) is 35.1 Å². The number of nitrogens with zero attached hydrogens (tertiary/aromatic N) is 3. The summed E-state index contributed by atoms with van der Waals surface area (Å²) in [6.07, 6.45) is 8.64. The molecule has 0 spiro atoms. The topological polar surface area (TPSA) is 55.2 Å². The minimum Gasteiger partial charge on any atom is -0.269 e. The Morgan fingerprint density at radius 3 is 2.17 bits per heavy atom. The zero-order valence-electron chi connectivity index (χ0n) is 14.3. The summed E-state index contributed by atoms with van der Waals surface area (Å²) in [5.74, 6) is 2.20. The van der Waals surface area contributed by atoms with Crippen molar-refractivity contribution < 1.29 is 8.42 Å². The van der Waals surface area contributed by atoms with E-state index in [1.165, 1.54) is 25.5 Å². The van der Waals surface area contributed by atoms with Crippen LogP contribution in [0.1, 0.15) is 51.1 Å². The number of hydrogen-bond acceptors (Lipinski definition) is 3. The molecule has 6 heteroatoms. The molecule has 0 N–H and O–H groups in total. The van der Waals surface area contributed by atoms with Crippen LogP contribution in [0.2, 0.25) is 0 Å². The van der Waals surface area contributed by atoms with Crippen molar-refractivity contribution in [3.05, 3.63) is 11.9 Å². The van der Waals surface area contributed by atoms with Gasteiger partial charge in [-0.3, -0.25) is 4.68 Å². The standard InChI is InChI=1S/C17H27N3O2S/c1-4-20-12(2)16(11-18-20)23(21,22)19(3)17-8-13-5-14(9-17)7-15(6-13)10-17/h11,13-15H,4-10H2,1-3H3. The van der Waals surface area contributed by atoms with E-state index in [9.17, 15) is 8.42 Å². The summed E-state index contributed by atoms with van der Waals surface area (Å²) < 4.78 is 30.0. The van der Waals surface area contributed by atoms with Crippen LogP contribution in [0.4, 0.5) is 0 Å². The van der Waals surface area contributed by atoms with E-state index in [4.69, 9.17) is 0 Å². The molecule has 0 amide bonds. The van der Waals surface area contributed by atoms with Crippen LogP contribution in [0.25, 0.3) is 0 Å². The third kappa shape index (κ3) is 2.21. The fourth-order valence-electron chi connectivity index (χ4n) is 5.85. The van der Waals surface area contributed by atoms with Gasteiger partial charge in [-0.2, -0.15) is 9.40 Å². The van der Waals surface area contributed by atoms with Crippen molar-refractivity contribution in [2.75, 3.05) is 7.05 Å². The zero-order chi connectivity index (χ0) is 16.4. The van der Waals surface area contributed by atoms with Gasteiger partial charge in [0, 0.05) is 19.1 Å². The molecule has 0 radical (unpaired) electrons. The molecule has 0 atom stereocenters. The van der Waals surface area contributed by atoms with Crippen LogP contribution in [0.5, 0.6) is 0 Å². The lowest BCUT2D eigenvalue weighted by molar-refractivity contribution is -0.0495. The highest BCUT2D eigenvalue weighted by Gasteiger charge is 2.55. The van der Waals surface area contributed by atoms with Gasteiger partial charge < -0.3 is 0 Å². The molecule has 1 aromatic rings. The first-order valence-electron chi connectivity index (χ1n) is 8.87. The average Bonchev–Trinajstić information content (AvgIpc) is 2.86. The Morgan fingerprint density at radius 2 is 1.74 bits per heavy atom. The second kappa shape index (κ2) is 5.06. The predicted octanol–water partition coefficient (Wildman–Crippen LogP) is 2.80. The molecule has 0 aliphatic heterocycles. The lowest BCUT2D eigenvalue weighted by atomic mass is 9.53. The van der Waals surface area contributed by atoms with Crippen molar-refractivity contribution in [1.82, 2.24) is 14.1 Å². The summed E-state index contributed by atoms with van der Waals surface area (Å²) in [6.45, 7) is 4.54. The molecule has 5 nitrogen and oxygen atoms in total. The fraction of sp³-hybridized carbons (Fsp3) is 0.824. The van der Waals surface area contributed by atoms with E-state index in [0.29, 0.717) is 11.4 Å². The van der Waals surface area contributed by atoms with Crippen molar-refractivity contribution in [3.63, 3.8) is 0 Å². The molecule has 5 rings (SSSR count). The van der Waals surface area contributed by atoms with Gasteiger partial charge in [0.15, 0.2) is 0 Å². The lowest BCUT2D eigenvalue weighted by Gasteiger charge is -2.59. The molecular formula is C17H27N3O2S. The van der Waals surface area contributed by atoms with Gasteiger partial charge in [-0.05, 0) is 70.1 Å². The van der Waals surface area contributed by atoms with Gasteiger partial charge in [-0.25, -0.2) is 8.42 Å². The van der Waals surface area contributed by atoms with E-state index in [2.05, 4.69) is 5.10 Å². The van der Waals surface area contributed by atoms with Crippen molar-refractivity contribution in [2.45, 2.75) is 69.4 Å². The van der Waals surface area contributed by atoms with Gasteiger partial charge in [0.25, 0.3) is 0 Å². The second-order valence-corrected chi connectivity index (χ2v) is 9.96. The first-order chi connectivity index (χ1) is 10.9. The van der Waals surface area contributed by atoms with Gasteiger partial charge in [-0.1, -0.05) is 0 Å². The minimum absolute atomic E-state index is 0.145. The van der Waals surface area contributed by atoms with E-state index in [1.54, 1.807) is 8.99 Å². The molecule has 23 heavy (non-hydrogen) atoms. The van der Waals surface area contributed by atoms with Gasteiger partial charge in [0.1, 0.15) is 4.90 Å². The maximum absolute atomic E-state index is 13.3. The molecule has 4 aliphatic rings. The molecule has 4 aliphatic carbocycles. The Hall–Kier alpha value is -0.880. The normalized spacial score (nSPS) is 36.1. The van der Waals surface area contributed by atoms with Crippen molar-refractivity contribution in [1.29, 1.82) is 0 Å². The SMILES string of the molecule is CCn1ncc(S(=O)(=O)N(C)C23CC4CC(CC(C4)C2)C3)c1C. The van der Waals surface area contributed by atoms with Crippen molar-refractivity contribution >= 4 is 10.0 Å². The maximum atomic E-state index is 13.3. The van der Waals surface area contributed by atoms with E-state index in [-0.39, 0.29) is 5.54 Å². The van der Waals surface area contributed by atoms with Gasteiger partial charge in [0.05, 0.1) is 11.9 Å². The number of aromatic nitrogens is 2. The van der Waals surface area contributed by atoms with Crippen LogP contribution in [0.3, 0.4) is 0 Å². The molecule has 1 aromatic heterocycles. The molecule has 0 aromatic carbocycles. The molecule has 0 unspecified atom stereocenters. The van der Waals surface area contributed by atoms with Gasteiger partial charge >= 0.3 is 0 Å². The van der Waals surface area contributed by atoms with Crippen LogP contribution in [0.15, 0.2) is 11.1 Å². The Labute approximate surface area is 139 Å². The molecule has 1 heterocycles. The van der Waals surface area contributed by atoms with E-state index in [0.717, 1.165) is 42.7 Å². The molecular weight excluding hydrogens is 310 g/mol. The van der Waals surface area contributed by atoms with Gasteiger partial charge in [-0.15, -0.1) is 0 Å². The number of aryl methyl sites for hydroxylation is 1. The van der Waals surface area contributed by atoms with Crippen LogP contribution >= 0.6 is 0 Å². The summed E-state index contributed by atoms with van der Waals surface area (Å²) in [6, 6.07) is 0. The first kappa shape index (κ1) is 15.6. The summed E-state index contributed by atoms with van der Waals surface area (Å²) in [4.78, 5) is 0.387. The third-order valence-corrected chi connectivity index (χ3v) is 8.74. The summed E-state index contributed by atoms with van der Waals surface area (Å²) >= 11 is 0. The first-order valence-corrected chi connectivity index (χ1v) is 10.3. The molecule has 4 bridgehead atoms. The zero-order valence-corrected chi connectivity index (χ0v) is 15.1. The molecule has 0 saturated heterocycles. The lowest BCUT2D eigenvalue weighted by Crippen LogP contribution is -2.60. The monoisotopic (exact) mass is 337 g/mol. The average molecular weight is 337 g/mol. The largest absolute Gasteiger partial charge is 0.269 e. The predicted molar refractivity (Wildman–Crippen MR) is 88.5 cm³/mol. The number of hydrogen-bond donors (Lipinski definition) is 0. The fourth-order valence-corrected chi connectivity index (χ4v) is 7.54. The summed E-state index contributed by atoms with van der Waals surface area (Å²) in [7, 11) is -1.66. The van der Waals surface area contributed by atoms with Gasteiger partial charge in [0.2, 0.25) is 10.0 Å². The van der Waals surface area contributed by atoms with E-state index < -0.39 is 10.0 Å². The molecule has 4 fully saturated rings. The van der Waals surface area contributed by atoms with E-state index >= 15 is 0 Å². The van der Waals surface area contributed by atoms with Crippen LogP contribution < -0.4 is 0 Å². The van der Waals surface area contributed by atoms with Crippen molar-refractivity contribution in [2.24, 2.45) is 17.8 Å². The Balaban J connectivity index is 1.70. The highest BCUT2D eigenvalue weighted by Crippen LogP contribution is 2.58. The Kier molecular flexibility index (Phi) is 3.44. The molecule has 4 saturated carbocycles. The Bertz CT molecular complexity index is 687. The van der Waals surface area contributed by atoms with E-state index in [1.807, 2.05) is 20.9 Å². The summed E-state index contributed by atoms with van der Waals surface area (Å²) in [5, 5.41) is 4.24. The van der Waals surface area contributed by atoms with Crippen molar-refractivity contribution in [3.8, 4) is 0 Å². The maximum Gasteiger partial charge on any atom is 0.246 e. The molecule has 128 valence electrons.